The lowest BCUT2D eigenvalue weighted by atomic mass is 9.82. The first-order chi connectivity index (χ1) is 10.3. The largest absolute Gasteiger partial charge is 0.314 e. The molecule has 0 amide bonds. The monoisotopic (exact) mass is 289 g/mol. The molecule has 0 bridgehead atoms. The molecule has 3 rings (SSSR count). The normalized spacial score (nSPS) is 22.0. The molecule has 1 atom stereocenters. The van der Waals surface area contributed by atoms with Gasteiger partial charge in [0.2, 0.25) is 0 Å². The zero-order chi connectivity index (χ0) is 14.5. The summed E-state index contributed by atoms with van der Waals surface area (Å²) < 4.78 is 13.4. The van der Waals surface area contributed by atoms with Crippen molar-refractivity contribution in [2.24, 2.45) is 11.8 Å². The van der Waals surface area contributed by atoms with Crippen LogP contribution in [0.4, 0.5) is 4.39 Å². The summed E-state index contributed by atoms with van der Waals surface area (Å²) in [7, 11) is 0. The number of hydrogen-bond donors (Lipinski definition) is 1. The van der Waals surface area contributed by atoms with Crippen LogP contribution >= 0.6 is 0 Å². The molecule has 1 aromatic carbocycles. The van der Waals surface area contributed by atoms with E-state index in [1.807, 2.05) is 6.07 Å². The Bertz CT molecular complexity index is 433. The van der Waals surface area contributed by atoms with Crippen LogP contribution in [0.3, 0.4) is 0 Å². The third kappa shape index (κ3) is 4.81. The Morgan fingerprint density at radius 1 is 1.05 bits per heavy atom. The highest BCUT2D eigenvalue weighted by molar-refractivity contribution is 5.17. The van der Waals surface area contributed by atoms with Gasteiger partial charge in [0.15, 0.2) is 0 Å². The highest BCUT2D eigenvalue weighted by atomic mass is 19.1. The number of hydrogen-bond acceptors (Lipinski definition) is 1. The van der Waals surface area contributed by atoms with Gasteiger partial charge in [-0.05, 0) is 55.3 Å². The smallest absolute Gasteiger partial charge is 0.123 e. The first kappa shape index (κ1) is 15.0. The van der Waals surface area contributed by atoms with E-state index in [0.29, 0.717) is 5.92 Å². The fourth-order valence-electron chi connectivity index (χ4n) is 3.76. The molecule has 0 aromatic heterocycles. The van der Waals surface area contributed by atoms with E-state index < -0.39 is 0 Å². The molecule has 1 unspecified atom stereocenters. The quantitative estimate of drug-likeness (QED) is 0.748. The van der Waals surface area contributed by atoms with Gasteiger partial charge in [0.25, 0.3) is 0 Å². The molecule has 2 fully saturated rings. The molecule has 2 saturated carbocycles. The average Bonchev–Trinajstić information content (AvgIpc) is 3.30. The Balaban J connectivity index is 1.64. The number of nitrogens with one attached hydrogen (secondary N) is 1. The van der Waals surface area contributed by atoms with Crippen molar-refractivity contribution < 1.29 is 4.39 Å². The van der Waals surface area contributed by atoms with Crippen molar-refractivity contribution in [3.05, 3.63) is 35.6 Å². The highest BCUT2D eigenvalue weighted by Gasteiger charge is 2.26. The molecule has 0 saturated heterocycles. The van der Waals surface area contributed by atoms with Crippen LogP contribution in [0.25, 0.3) is 0 Å². The maximum atomic E-state index is 13.4. The van der Waals surface area contributed by atoms with E-state index >= 15 is 0 Å². The fraction of sp³-hybridized carbons (Fsp3) is 0.684. The summed E-state index contributed by atoms with van der Waals surface area (Å²) in [5, 5.41) is 3.72. The van der Waals surface area contributed by atoms with E-state index in [1.54, 1.807) is 12.1 Å². The summed E-state index contributed by atoms with van der Waals surface area (Å²) in [6, 6.07) is 7.98. The molecular weight excluding hydrogens is 261 g/mol. The van der Waals surface area contributed by atoms with Crippen LogP contribution in [0, 0.1) is 17.7 Å². The van der Waals surface area contributed by atoms with Crippen molar-refractivity contribution in [1.82, 2.24) is 5.32 Å². The molecule has 2 aliphatic rings. The minimum absolute atomic E-state index is 0.0951. The highest BCUT2D eigenvalue weighted by Crippen LogP contribution is 2.31. The topological polar surface area (TPSA) is 12.0 Å². The van der Waals surface area contributed by atoms with Gasteiger partial charge in [-0.15, -0.1) is 0 Å². The van der Waals surface area contributed by atoms with E-state index in [2.05, 4.69) is 11.4 Å². The molecule has 1 aromatic rings. The van der Waals surface area contributed by atoms with Crippen molar-refractivity contribution >= 4 is 0 Å². The van der Waals surface area contributed by atoms with Gasteiger partial charge >= 0.3 is 0 Å². The number of halogens is 1. The molecule has 21 heavy (non-hydrogen) atoms. The summed E-state index contributed by atoms with van der Waals surface area (Å²) in [5.41, 5.74) is 1.17. The Labute approximate surface area is 128 Å². The molecular formula is C19H28FN. The lowest BCUT2D eigenvalue weighted by molar-refractivity contribution is 0.283. The summed E-state index contributed by atoms with van der Waals surface area (Å²) in [6.07, 6.45) is 12.0. The van der Waals surface area contributed by atoms with Gasteiger partial charge in [0, 0.05) is 6.04 Å². The summed E-state index contributed by atoms with van der Waals surface area (Å²) >= 11 is 0. The van der Waals surface area contributed by atoms with Gasteiger partial charge in [0.1, 0.15) is 5.82 Å². The Morgan fingerprint density at radius 3 is 2.48 bits per heavy atom. The lowest BCUT2D eigenvalue weighted by Crippen LogP contribution is -2.31. The minimum Gasteiger partial charge on any atom is -0.314 e. The van der Waals surface area contributed by atoms with Crippen LogP contribution in [-0.4, -0.2) is 12.6 Å². The summed E-state index contributed by atoms with van der Waals surface area (Å²) in [4.78, 5) is 0. The van der Waals surface area contributed by atoms with E-state index in [4.69, 9.17) is 0 Å². The molecule has 0 radical (unpaired) electrons. The van der Waals surface area contributed by atoms with Gasteiger partial charge in [-0.25, -0.2) is 4.39 Å². The molecule has 1 nitrogen and oxygen atoms in total. The van der Waals surface area contributed by atoms with E-state index in [0.717, 1.165) is 24.9 Å². The molecule has 2 aliphatic carbocycles. The second-order valence-electron chi connectivity index (χ2n) is 7.03. The van der Waals surface area contributed by atoms with Gasteiger partial charge < -0.3 is 5.32 Å². The number of rotatable bonds is 6. The van der Waals surface area contributed by atoms with Crippen molar-refractivity contribution in [2.45, 2.75) is 63.8 Å². The van der Waals surface area contributed by atoms with Crippen LogP contribution in [0.2, 0.25) is 0 Å². The first-order valence-corrected chi connectivity index (χ1v) is 8.79. The van der Waals surface area contributed by atoms with Gasteiger partial charge in [-0.2, -0.15) is 0 Å². The van der Waals surface area contributed by atoms with E-state index in [1.165, 1.54) is 56.9 Å². The standard InChI is InChI=1S/C19H28FN/c20-18-9-5-6-15(13-18)12-17(14-21-19-10-11-19)16-7-3-1-2-4-8-16/h5-6,9,13,16-17,19,21H,1-4,7-8,10-12,14H2. The van der Waals surface area contributed by atoms with Gasteiger partial charge in [-0.3, -0.25) is 0 Å². The molecule has 0 spiro atoms. The van der Waals surface area contributed by atoms with E-state index in [-0.39, 0.29) is 5.82 Å². The van der Waals surface area contributed by atoms with Crippen molar-refractivity contribution in [3.8, 4) is 0 Å². The second-order valence-corrected chi connectivity index (χ2v) is 7.03. The predicted molar refractivity (Wildman–Crippen MR) is 85.8 cm³/mol. The van der Waals surface area contributed by atoms with Crippen LogP contribution in [0.5, 0.6) is 0 Å². The first-order valence-electron chi connectivity index (χ1n) is 8.79. The van der Waals surface area contributed by atoms with Gasteiger partial charge in [0.05, 0.1) is 0 Å². The van der Waals surface area contributed by atoms with Crippen LogP contribution in [0.15, 0.2) is 24.3 Å². The van der Waals surface area contributed by atoms with Crippen molar-refractivity contribution in [1.29, 1.82) is 0 Å². The SMILES string of the molecule is Fc1cccc(CC(CNC2CC2)C2CCCCCC2)c1. The second kappa shape index (κ2) is 7.40. The molecule has 116 valence electrons. The average molecular weight is 289 g/mol. The maximum Gasteiger partial charge on any atom is 0.123 e. The Hall–Kier alpha value is -0.890. The third-order valence-electron chi connectivity index (χ3n) is 5.20. The van der Waals surface area contributed by atoms with Crippen molar-refractivity contribution in [2.75, 3.05) is 6.54 Å². The summed E-state index contributed by atoms with van der Waals surface area (Å²) in [6.45, 7) is 1.12. The Morgan fingerprint density at radius 2 is 1.81 bits per heavy atom. The molecule has 2 heteroatoms. The van der Waals surface area contributed by atoms with Crippen LogP contribution in [-0.2, 0) is 6.42 Å². The Kier molecular flexibility index (Phi) is 5.29. The molecule has 0 heterocycles. The molecule has 1 N–H and O–H groups in total. The zero-order valence-electron chi connectivity index (χ0n) is 13.0. The van der Waals surface area contributed by atoms with Crippen LogP contribution in [0.1, 0.15) is 56.9 Å². The van der Waals surface area contributed by atoms with Crippen molar-refractivity contribution in [3.63, 3.8) is 0 Å². The van der Waals surface area contributed by atoms with E-state index in [9.17, 15) is 4.39 Å². The minimum atomic E-state index is -0.0951. The fourth-order valence-corrected chi connectivity index (χ4v) is 3.76. The predicted octanol–water partition coefficient (Wildman–Crippen LogP) is 4.71. The summed E-state index contributed by atoms with van der Waals surface area (Å²) in [5.74, 6) is 1.40. The molecule has 0 aliphatic heterocycles. The maximum absolute atomic E-state index is 13.4. The van der Waals surface area contributed by atoms with Gasteiger partial charge in [-0.1, -0.05) is 50.7 Å². The third-order valence-corrected chi connectivity index (χ3v) is 5.20. The van der Waals surface area contributed by atoms with Crippen LogP contribution < -0.4 is 5.32 Å². The number of benzene rings is 1. The lowest BCUT2D eigenvalue weighted by Gasteiger charge is -2.27. The zero-order valence-corrected chi connectivity index (χ0v) is 13.0.